The summed E-state index contributed by atoms with van der Waals surface area (Å²) in [6, 6.07) is 38.9. The molecule has 7 aromatic rings. The highest BCUT2D eigenvalue weighted by atomic mass is 19.1. The van der Waals surface area contributed by atoms with Crippen molar-refractivity contribution in [3.05, 3.63) is 150 Å². The Bertz CT molecular complexity index is 2700. The average Bonchev–Trinajstić information content (AvgIpc) is 4.07. The van der Waals surface area contributed by atoms with Gasteiger partial charge in [0.05, 0.1) is 44.1 Å². The van der Waals surface area contributed by atoms with Gasteiger partial charge in [0.25, 0.3) is 0 Å². The van der Waals surface area contributed by atoms with Gasteiger partial charge in [-0.2, -0.15) is 0 Å². The summed E-state index contributed by atoms with van der Waals surface area (Å²) in [5.41, 5.74) is 13.6. The molecular formula is C47H35FN4O3. The highest BCUT2D eigenvalue weighted by Gasteiger charge is 2.20. The maximum absolute atomic E-state index is 14.3. The summed E-state index contributed by atoms with van der Waals surface area (Å²) in [6.07, 6.45) is 8.05. The van der Waals surface area contributed by atoms with Crippen molar-refractivity contribution in [2.45, 2.75) is 0 Å². The van der Waals surface area contributed by atoms with Gasteiger partial charge in [-0.3, -0.25) is 0 Å². The van der Waals surface area contributed by atoms with Crippen LogP contribution in [-0.2, 0) is 0 Å². The minimum absolute atomic E-state index is 0.317. The number of rotatable bonds is 7. The van der Waals surface area contributed by atoms with Crippen LogP contribution in [0, 0.1) is 5.82 Å². The number of nitrogens with zero attached hydrogens (tertiary/aromatic N) is 2. The van der Waals surface area contributed by atoms with Gasteiger partial charge in [0.15, 0.2) is 0 Å². The van der Waals surface area contributed by atoms with E-state index in [-0.39, 0.29) is 5.82 Å². The van der Waals surface area contributed by atoms with Crippen LogP contribution >= 0.6 is 0 Å². The fraction of sp³-hybridized carbons (Fsp3) is 0.0638. The maximum Gasteiger partial charge on any atom is 0.123 e. The number of fused-ring (bicyclic) bond motifs is 8. The molecule has 8 bridgehead atoms. The molecule has 0 saturated heterocycles. The topological polar surface area (TPSA) is 85.1 Å². The lowest BCUT2D eigenvalue weighted by Crippen LogP contribution is -1.92. The zero-order valence-electron chi connectivity index (χ0n) is 30.4. The maximum atomic E-state index is 14.3. The first-order valence-electron chi connectivity index (χ1n) is 17.8. The zero-order chi connectivity index (χ0) is 37.5. The second-order valence-corrected chi connectivity index (χ2v) is 13.2. The van der Waals surface area contributed by atoms with Crippen molar-refractivity contribution in [2.24, 2.45) is 0 Å². The molecule has 2 aliphatic rings. The van der Waals surface area contributed by atoms with Crippen molar-refractivity contribution in [3.8, 4) is 61.8 Å². The minimum Gasteiger partial charge on any atom is -0.497 e. The molecule has 8 heteroatoms. The number of hydrogen-bond donors (Lipinski definition) is 2. The summed E-state index contributed by atoms with van der Waals surface area (Å²) in [6.45, 7) is 0. The molecule has 2 aliphatic heterocycles. The van der Waals surface area contributed by atoms with Gasteiger partial charge in [-0.15, -0.1) is 0 Å². The molecule has 4 aromatic carbocycles. The molecule has 2 N–H and O–H groups in total. The third kappa shape index (κ3) is 6.23. The third-order valence-electron chi connectivity index (χ3n) is 9.96. The predicted octanol–water partition coefficient (Wildman–Crippen LogP) is 11.5. The molecule has 55 heavy (non-hydrogen) atoms. The molecule has 0 radical (unpaired) electrons. The van der Waals surface area contributed by atoms with Crippen molar-refractivity contribution in [1.82, 2.24) is 19.9 Å². The van der Waals surface area contributed by atoms with E-state index in [0.717, 1.165) is 95.2 Å². The molecule has 0 aliphatic carbocycles. The second-order valence-electron chi connectivity index (χ2n) is 13.2. The van der Waals surface area contributed by atoms with Gasteiger partial charge in [0.1, 0.15) is 23.1 Å². The van der Waals surface area contributed by atoms with Gasteiger partial charge in [0.2, 0.25) is 0 Å². The van der Waals surface area contributed by atoms with Gasteiger partial charge in [-0.1, -0.05) is 48.5 Å². The molecule has 7 nitrogen and oxygen atoms in total. The molecule has 5 heterocycles. The van der Waals surface area contributed by atoms with Crippen LogP contribution in [0.3, 0.4) is 0 Å². The molecule has 9 rings (SSSR count). The second kappa shape index (κ2) is 14.0. The molecule has 0 amide bonds. The van der Waals surface area contributed by atoms with Gasteiger partial charge >= 0.3 is 0 Å². The zero-order valence-corrected chi connectivity index (χ0v) is 30.4. The number of nitrogens with one attached hydrogen (secondary N) is 2. The summed E-state index contributed by atoms with van der Waals surface area (Å²) in [5, 5.41) is 0. The number of H-pyrrole nitrogens is 2. The van der Waals surface area contributed by atoms with E-state index in [1.165, 1.54) is 12.1 Å². The first-order valence-corrected chi connectivity index (χ1v) is 17.8. The van der Waals surface area contributed by atoms with E-state index in [4.69, 9.17) is 24.2 Å². The smallest absolute Gasteiger partial charge is 0.123 e. The lowest BCUT2D eigenvalue weighted by atomic mass is 10.0. The largest absolute Gasteiger partial charge is 0.497 e. The van der Waals surface area contributed by atoms with Crippen molar-refractivity contribution in [1.29, 1.82) is 0 Å². The molecule has 0 atom stereocenters. The summed E-state index contributed by atoms with van der Waals surface area (Å²) in [4.78, 5) is 18.1. The Labute approximate surface area is 317 Å². The van der Waals surface area contributed by atoms with E-state index in [1.807, 2.05) is 78.9 Å². The van der Waals surface area contributed by atoms with Crippen molar-refractivity contribution in [3.63, 3.8) is 0 Å². The number of aromatic amines is 2. The summed E-state index contributed by atoms with van der Waals surface area (Å²) >= 11 is 0. The normalized spacial score (nSPS) is 11.9. The van der Waals surface area contributed by atoms with Crippen LogP contribution < -0.4 is 14.2 Å². The quantitative estimate of drug-likeness (QED) is 0.171. The average molecular weight is 723 g/mol. The van der Waals surface area contributed by atoms with E-state index in [1.54, 1.807) is 33.5 Å². The van der Waals surface area contributed by atoms with E-state index < -0.39 is 0 Å². The Morgan fingerprint density at radius 2 is 0.764 bits per heavy atom. The van der Waals surface area contributed by atoms with Gasteiger partial charge in [0, 0.05) is 44.3 Å². The number of hydrogen-bond acceptors (Lipinski definition) is 5. The minimum atomic E-state index is -0.317. The number of benzene rings is 4. The highest BCUT2D eigenvalue weighted by Crippen LogP contribution is 2.39. The SMILES string of the molecule is COc1cccc(-c2c3nc(c(-c4ccc(F)cc4)c4nc(c(-c5cccc(OC)c5)c5ccc([nH]5)c(-c5cccc(OC)c5)c5ccc2[nH]5)C=C4)C=C3)c1. The van der Waals surface area contributed by atoms with Crippen LogP contribution in [0.15, 0.2) is 121 Å². The van der Waals surface area contributed by atoms with Crippen molar-refractivity contribution < 1.29 is 18.6 Å². The van der Waals surface area contributed by atoms with E-state index >= 15 is 0 Å². The van der Waals surface area contributed by atoms with Crippen LogP contribution in [0.25, 0.3) is 90.9 Å². The molecule has 0 spiro atoms. The van der Waals surface area contributed by atoms with E-state index in [0.29, 0.717) is 11.4 Å². The molecule has 0 unspecified atom stereocenters. The molecule has 0 saturated carbocycles. The van der Waals surface area contributed by atoms with Gasteiger partial charge in [-0.05, 0) is 119 Å². The third-order valence-corrected chi connectivity index (χ3v) is 9.96. The molecule has 0 fully saturated rings. The Balaban J connectivity index is 1.47. The van der Waals surface area contributed by atoms with Crippen molar-refractivity contribution in [2.75, 3.05) is 21.3 Å². The summed E-state index contributed by atoms with van der Waals surface area (Å²) in [5.74, 6) is 1.89. The lowest BCUT2D eigenvalue weighted by molar-refractivity contribution is 0.415. The fourth-order valence-corrected chi connectivity index (χ4v) is 7.37. The van der Waals surface area contributed by atoms with Crippen LogP contribution in [0.5, 0.6) is 17.2 Å². The molecular weight excluding hydrogens is 688 g/mol. The molecule has 3 aromatic heterocycles. The van der Waals surface area contributed by atoms with E-state index in [2.05, 4.69) is 52.4 Å². The Hall–Kier alpha value is -7.19. The summed E-state index contributed by atoms with van der Waals surface area (Å²) in [7, 11) is 5.00. The Morgan fingerprint density at radius 3 is 1.16 bits per heavy atom. The number of halogens is 1. The number of ether oxygens (including phenoxy) is 3. The van der Waals surface area contributed by atoms with Crippen LogP contribution in [0.1, 0.15) is 22.8 Å². The predicted molar refractivity (Wildman–Crippen MR) is 220 cm³/mol. The molecule has 268 valence electrons. The number of aromatic nitrogens is 4. The van der Waals surface area contributed by atoms with Crippen LogP contribution in [0.4, 0.5) is 4.39 Å². The van der Waals surface area contributed by atoms with Gasteiger partial charge < -0.3 is 24.2 Å². The van der Waals surface area contributed by atoms with Gasteiger partial charge in [-0.25, -0.2) is 14.4 Å². The van der Waals surface area contributed by atoms with Crippen LogP contribution in [-0.4, -0.2) is 41.3 Å². The monoisotopic (exact) mass is 722 g/mol. The fourth-order valence-electron chi connectivity index (χ4n) is 7.37. The Morgan fingerprint density at radius 1 is 0.400 bits per heavy atom. The Kier molecular flexibility index (Phi) is 8.55. The van der Waals surface area contributed by atoms with Crippen molar-refractivity contribution >= 4 is 46.4 Å². The van der Waals surface area contributed by atoms with Crippen LogP contribution in [0.2, 0.25) is 0 Å². The first-order chi connectivity index (χ1) is 27.0. The number of methoxy groups -OCH3 is 3. The first kappa shape index (κ1) is 33.6. The standard InChI is InChI=1S/C47H35FN4O3/c1-53-33-10-4-7-29(25-33)45-38-19-17-36(49-38)44(28-13-15-32(48)16-14-28)37-18-20-39(50-37)46(30-8-5-11-34(26-30)54-2)41-22-24-43(52-41)47(42-23-21-40(45)51-42)31-9-6-12-35(27-31)55-3/h4-27,51-52H,1-3H3. The van der Waals surface area contributed by atoms with E-state index in [9.17, 15) is 4.39 Å². The summed E-state index contributed by atoms with van der Waals surface area (Å²) < 4.78 is 31.3. The lowest BCUT2D eigenvalue weighted by Gasteiger charge is -2.08. The highest BCUT2D eigenvalue weighted by molar-refractivity contribution is 6.00.